The van der Waals surface area contributed by atoms with Crippen LogP contribution in [-0.4, -0.2) is 31.3 Å². The van der Waals surface area contributed by atoms with Gasteiger partial charge in [-0.15, -0.1) is 0 Å². The molecule has 0 saturated heterocycles. The number of esters is 1. The van der Waals surface area contributed by atoms with Crippen LogP contribution in [0, 0.1) is 0 Å². The fourth-order valence-electron chi connectivity index (χ4n) is 2.80. The van der Waals surface area contributed by atoms with Crippen LogP contribution < -0.4 is 15.4 Å². The molecule has 0 unspecified atom stereocenters. The van der Waals surface area contributed by atoms with Crippen LogP contribution in [0.5, 0.6) is 5.75 Å². The Kier molecular flexibility index (Phi) is 6.65. The van der Waals surface area contributed by atoms with Crippen molar-refractivity contribution in [3.05, 3.63) is 29.3 Å². The molecule has 2 rings (SSSR count). The average molecular weight is 336 g/mol. The summed E-state index contributed by atoms with van der Waals surface area (Å²) >= 11 is 5.35. The third kappa shape index (κ3) is 5.10. The molecular weight excluding hydrogens is 312 g/mol. The molecule has 1 aliphatic rings. The summed E-state index contributed by atoms with van der Waals surface area (Å²) in [4.78, 5) is 11.8. The molecule has 0 aromatic heterocycles. The molecule has 126 valence electrons. The van der Waals surface area contributed by atoms with E-state index < -0.39 is 5.97 Å². The number of thiocarbonyl (C=S) groups is 1. The highest BCUT2D eigenvalue weighted by Crippen LogP contribution is 2.21. The fraction of sp³-hybridized carbons (Fsp3) is 0.529. The van der Waals surface area contributed by atoms with E-state index in [-0.39, 0.29) is 0 Å². The summed E-state index contributed by atoms with van der Waals surface area (Å²) in [5, 5.41) is 7.22. The van der Waals surface area contributed by atoms with E-state index in [0.717, 1.165) is 5.56 Å². The van der Waals surface area contributed by atoms with Crippen molar-refractivity contribution in [2.75, 3.05) is 14.2 Å². The van der Waals surface area contributed by atoms with Gasteiger partial charge >= 0.3 is 5.97 Å². The molecular formula is C17H24N2O3S. The first-order valence-corrected chi connectivity index (χ1v) is 8.34. The van der Waals surface area contributed by atoms with E-state index in [9.17, 15) is 4.79 Å². The summed E-state index contributed by atoms with van der Waals surface area (Å²) in [7, 11) is 2.89. The summed E-state index contributed by atoms with van der Waals surface area (Å²) in [5.41, 5.74) is 1.36. The van der Waals surface area contributed by atoms with Crippen molar-refractivity contribution in [2.45, 2.75) is 44.7 Å². The van der Waals surface area contributed by atoms with Gasteiger partial charge in [-0.3, -0.25) is 0 Å². The molecule has 5 nitrogen and oxygen atoms in total. The van der Waals surface area contributed by atoms with Gasteiger partial charge in [0.25, 0.3) is 0 Å². The maximum atomic E-state index is 11.8. The lowest BCUT2D eigenvalue weighted by atomic mass is 9.96. The molecule has 1 fully saturated rings. The van der Waals surface area contributed by atoms with E-state index in [1.54, 1.807) is 12.1 Å². The smallest absolute Gasteiger partial charge is 0.341 e. The minimum atomic E-state index is -0.411. The van der Waals surface area contributed by atoms with Crippen molar-refractivity contribution in [2.24, 2.45) is 0 Å². The molecule has 0 spiro atoms. The molecule has 0 amide bonds. The molecule has 23 heavy (non-hydrogen) atoms. The summed E-state index contributed by atoms with van der Waals surface area (Å²) in [6.07, 6.45) is 6.21. The van der Waals surface area contributed by atoms with Crippen LogP contribution in [0.15, 0.2) is 18.2 Å². The number of carbonyl (C=O) groups excluding carboxylic acids is 1. The van der Waals surface area contributed by atoms with Gasteiger partial charge in [-0.25, -0.2) is 4.79 Å². The third-order valence-corrected chi connectivity index (χ3v) is 4.32. The van der Waals surface area contributed by atoms with Crippen LogP contribution in [0.25, 0.3) is 0 Å². The van der Waals surface area contributed by atoms with Crippen LogP contribution >= 0.6 is 12.2 Å². The molecule has 0 bridgehead atoms. The molecule has 0 heterocycles. The molecule has 0 aliphatic heterocycles. The van der Waals surface area contributed by atoms with E-state index in [0.29, 0.717) is 29.0 Å². The maximum Gasteiger partial charge on any atom is 0.341 e. The van der Waals surface area contributed by atoms with E-state index in [1.165, 1.54) is 46.3 Å². The zero-order chi connectivity index (χ0) is 16.7. The maximum absolute atomic E-state index is 11.8. The van der Waals surface area contributed by atoms with Crippen molar-refractivity contribution in [3.8, 4) is 5.75 Å². The first kappa shape index (κ1) is 17.5. The van der Waals surface area contributed by atoms with Crippen LogP contribution in [0.2, 0.25) is 0 Å². The number of hydrogen-bond donors (Lipinski definition) is 2. The van der Waals surface area contributed by atoms with Gasteiger partial charge in [0.1, 0.15) is 11.3 Å². The highest BCUT2D eigenvalue weighted by molar-refractivity contribution is 7.80. The molecule has 1 aromatic rings. The van der Waals surface area contributed by atoms with Crippen LogP contribution in [0.4, 0.5) is 0 Å². The second-order valence-corrected chi connectivity index (χ2v) is 6.10. The van der Waals surface area contributed by atoms with Gasteiger partial charge in [-0.1, -0.05) is 25.3 Å². The number of carbonyl (C=O) groups is 1. The second-order valence-electron chi connectivity index (χ2n) is 5.69. The topological polar surface area (TPSA) is 59.6 Å². The van der Waals surface area contributed by atoms with Crippen molar-refractivity contribution >= 4 is 23.3 Å². The summed E-state index contributed by atoms with van der Waals surface area (Å²) in [6, 6.07) is 5.91. The van der Waals surface area contributed by atoms with Crippen molar-refractivity contribution in [3.63, 3.8) is 0 Å². The van der Waals surface area contributed by atoms with Crippen LogP contribution in [0.1, 0.15) is 48.0 Å². The van der Waals surface area contributed by atoms with E-state index in [2.05, 4.69) is 10.6 Å². The van der Waals surface area contributed by atoms with Crippen molar-refractivity contribution < 1.29 is 14.3 Å². The molecule has 1 aliphatic carbocycles. The quantitative estimate of drug-likeness (QED) is 0.637. The zero-order valence-electron chi connectivity index (χ0n) is 13.7. The predicted molar refractivity (Wildman–Crippen MR) is 93.8 cm³/mol. The fourth-order valence-corrected chi connectivity index (χ4v) is 3.04. The van der Waals surface area contributed by atoms with Gasteiger partial charge in [0.15, 0.2) is 5.11 Å². The Labute approximate surface area is 142 Å². The Morgan fingerprint density at radius 1 is 1.26 bits per heavy atom. The Morgan fingerprint density at radius 2 is 2.00 bits per heavy atom. The van der Waals surface area contributed by atoms with Crippen LogP contribution in [-0.2, 0) is 11.3 Å². The Bertz CT molecular complexity index is 557. The summed E-state index contributed by atoms with van der Waals surface area (Å²) < 4.78 is 9.97. The lowest BCUT2D eigenvalue weighted by Crippen LogP contribution is -2.42. The van der Waals surface area contributed by atoms with Gasteiger partial charge in [-0.2, -0.15) is 0 Å². The van der Waals surface area contributed by atoms with Crippen molar-refractivity contribution in [1.82, 2.24) is 10.6 Å². The molecule has 1 saturated carbocycles. The number of hydrogen-bond acceptors (Lipinski definition) is 4. The van der Waals surface area contributed by atoms with E-state index in [1.807, 2.05) is 6.07 Å². The summed E-state index contributed by atoms with van der Waals surface area (Å²) in [5.74, 6) is 0.0927. The molecule has 2 N–H and O–H groups in total. The minimum absolute atomic E-state index is 0.411. The first-order chi connectivity index (χ1) is 11.1. The molecule has 0 radical (unpaired) electrons. The third-order valence-electron chi connectivity index (χ3n) is 4.06. The number of rotatable bonds is 5. The number of nitrogens with one attached hydrogen (secondary N) is 2. The number of methoxy groups -OCH3 is 2. The average Bonchev–Trinajstić information content (AvgIpc) is 2.60. The van der Waals surface area contributed by atoms with Crippen molar-refractivity contribution in [1.29, 1.82) is 0 Å². The normalized spacial score (nSPS) is 14.9. The van der Waals surface area contributed by atoms with Gasteiger partial charge in [0.05, 0.1) is 14.2 Å². The van der Waals surface area contributed by atoms with Gasteiger partial charge in [-0.05, 0) is 42.8 Å². The zero-order valence-corrected chi connectivity index (χ0v) is 14.5. The second kappa shape index (κ2) is 8.72. The Balaban J connectivity index is 1.91. The molecule has 1 aromatic carbocycles. The predicted octanol–water partition coefficient (Wildman–Crippen LogP) is 2.78. The van der Waals surface area contributed by atoms with E-state index in [4.69, 9.17) is 21.7 Å². The standard InChI is InChI=1S/C17H24N2O3S/c1-21-15-9-8-12(10-14(15)16(20)22-2)11-18-17(23)19-13-6-4-3-5-7-13/h8-10,13H,3-7,11H2,1-2H3,(H2,18,19,23). The van der Waals surface area contributed by atoms with Gasteiger partial charge < -0.3 is 20.1 Å². The lowest BCUT2D eigenvalue weighted by molar-refractivity contribution is 0.0597. The minimum Gasteiger partial charge on any atom is -0.496 e. The number of ether oxygens (including phenoxy) is 2. The SMILES string of the molecule is COC(=O)c1cc(CNC(=S)NC2CCCCC2)ccc1OC. The van der Waals surface area contributed by atoms with E-state index >= 15 is 0 Å². The monoisotopic (exact) mass is 336 g/mol. The molecule has 6 heteroatoms. The molecule has 0 atom stereocenters. The largest absolute Gasteiger partial charge is 0.496 e. The Hall–Kier alpha value is -1.82. The van der Waals surface area contributed by atoms with Gasteiger partial charge in [0, 0.05) is 12.6 Å². The lowest BCUT2D eigenvalue weighted by Gasteiger charge is -2.24. The van der Waals surface area contributed by atoms with Crippen LogP contribution in [0.3, 0.4) is 0 Å². The summed E-state index contributed by atoms with van der Waals surface area (Å²) in [6.45, 7) is 0.548. The first-order valence-electron chi connectivity index (χ1n) is 7.93. The highest BCUT2D eigenvalue weighted by Gasteiger charge is 2.15. The number of benzene rings is 1. The van der Waals surface area contributed by atoms with Gasteiger partial charge in [0.2, 0.25) is 0 Å². The Morgan fingerprint density at radius 3 is 2.65 bits per heavy atom. The highest BCUT2D eigenvalue weighted by atomic mass is 32.1.